The van der Waals surface area contributed by atoms with E-state index < -0.39 is 0 Å². The Balaban J connectivity index is 1.89. The first-order chi connectivity index (χ1) is 8.83. The molecule has 1 amide bonds. The van der Waals surface area contributed by atoms with Crippen molar-refractivity contribution in [2.45, 2.75) is 51.4 Å². The third-order valence-corrected chi connectivity index (χ3v) is 3.56. The van der Waals surface area contributed by atoms with Crippen LogP contribution in [0.2, 0.25) is 0 Å². The summed E-state index contributed by atoms with van der Waals surface area (Å²) in [4.78, 5) is 14.0. The Morgan fingerprint density at radius 1 is 1.06 bits per heavy atom. The van der Waals surface area contributed by atoms with Gasteiger partial charge in [-0.15, -0.1) is 0 Å². The van der Waals surface area contributed by atoms with E-state index in [-0.39, 0.29) is 5.91 Å². The van der Waals surface area contributed by atoms with Gasteiger partial charge in [0.05, 0.1) is 0 Å². The average molecular weight is 255 g/mol. The molecule has 1 rings (SSSR count). The molecule has 0 aromatic heterocycles. The normalized spacial score (nSPS) is 16.7. The van der Waals surface area contributed by atoms with Crippen molar-refractivity contribution in [3.05, 3.63) is 0 Å². The number of hydrogen-bond donors (Lipinski definition) is 2. The van der Waals surface area contributed by atoms with Gasteiger partial charge in [-0.3, -0.25) is 4.79 Å². The highest BCUT2D eigenvalue weighted by Crippen LogP contribution is 2.07. The molecule has 1 fully saturated rings. The molecule has 0 aromatic carbocycles. The van der Waals surface area contributed by atoms with Crippen molar-refractivity contribution in [2.24, 2.45) is 5.73 Å². The minimum absolute atomic E-state index is 0.208. The fourth-order valence-electron chi connectivity index (χ4n) is 2.41. The minimum Gasteiger partial charge on any atom is -0.355 e. The fourth-order valence-corrected chi connectivity index (χ4v) is 2.41. The maximum absolute atomic E-state index is 11.6. The maximum atomic E-state index is 11.6. The molecule has 0 aromatic rings. The van der Waals surface area contributed by atoms with Crippen LogP contribution in [-0.2, 0) is 4.79 Å². The van der Waals surface area contributed by atoms with Crippen molar-refractivity contribution in [2.75, 3.05) is 32.7 Å². The van der Waals surface area contributed by atoms with Gasteiger partial charge < -0.3 is 16.0 Å². The van der Waals surface area contributed by atoms with E-state index in [0.717, 1.165) is 45.3 Å². The molecule has 4 heteroatoms. The molecule has 106 valence electrons. The van der Waals surface area contributed by atoms with Crippen LogP contribution in [-0.4, -0.2) is 43.5 Å². The quantitative estimate of drug-likeness (QED) is 0.614. The lowest BCUT2D eigenvalue weighted by atomic mass is 10.1. The van der Waals surface area contributed by atoms with E-state index in [4.69, 9.17) is 5.73 Å². The monoisotopic (exact) mass is 255 g/mol. The Morgan fingerprint density at radius 3 is 2.50 bits per heavy atom. The lowest BCUT2D eigenvalue weighted by Gasteiger charge is -2.26. The van der Waals surface area contributed by atoms with Crippen LogP contribution in [0.15, 0.2) is 0 Å². The van der Waals surface area contributed by atoms with Gasteiger partial charge in [0, 0.05) is 19.5 Å². The Bertz CT molecular complexity index is 215. The Kier molecular flexibility index (Phi) is 8.86. The number of unbranched alkanes of at least 4 members (excludes halogenated alkanes) is 3. The zero-order chi connectivity index (χ0) is 13.1. The number of nitrogens with zero attached hydrogens (tertiary/aromatic N) is 1. The standard InChI is InChI=1S/C14H29N3O/c15-9-5-2-1-4-8-14(18)16-10-13-17-11-6-3-7-12-17/h1-13,15H2,(H,16,18). The number of carbonyl (C=O) groups is 1. The van der Waals surface area contributed by atoms with Crippen LogP contribution in [0.25, 0.3) is 0 Å². The summed E-state index contributed by atoms with van der Waals surface area (Å²) in [5, 5.41) is 3.02. The summed E-state index contributed by atoms with van der Waals surface area (Å²) in [6, 6.07) is 0. The summed E-state index contributed by atoms with van der Waals surface area (Å²) < 4.78 is 0. The number of nitrogens with two attached hydrogens (primary N) is 1. The highest BCUT2D eigenvalue weighted by atomic mass is 16.1. The van der Waals surface area contributed by atoms with Crippen molar-refractivity contribution in [3.8, 4) is 0 Å². The topological polar surface area (TPSA) is 58.4 Å². The van der Waals surface area contributed by atoms with Crippen LogP contribution in [0, 0.1) is 0 Å². The molecule has 3 N–H and O–H groups in total. The van der Waals surface area contributed by atoms with Gasteiger partial charge in [-0.1, -0.05) is 19.3 Å². The summed E-state index contributed by atoms with van der Waals surface area (Å²) >= 11 is 0. The number of rotatable bonds is 9. The predicted octanol–water partition coefficient (Wildman–Crippen LogP) is 1.50. The highest BCUT2D eigenvalue weighted by Gasteiger charge is 2.09. The lowest BCUT2D eigenvalue weighted by molar-refractivity contribution is -0.121. The molecule has 18 heavy (non-hydrogen) atoms. The number of piperidine rings is 1. The molecule has 4 nitrogen and oxygen atoms in total. The second kappa shape index (κ2) is 10.3. The van der Waals surface area contributed by atoms with Gasteiger partial charge >= 0.3 is 0 Å². The van der Waals surface area contributed by atoms with Crippen molar-refractivity contribution in [1.82, 2.24) is 10.2 Å². The van der Waals surface area contributed by atoms with Gasteiger partial charge in [0.25, 0.3) is 0 Å². The van der Waals surface area contributed by atoms with Crippen LogP contribution in [0.4, 0.5) is 0 Å². The average Bonchev–Trinajstić information content (AvgIpc) is 2.40. The van der Waals surface area contributed by atoms with E-state index in [1.807, 2.05) is 0 Å². The molecule has 0 saturated carbocycles. The van der Waals surface area contributed by atoms with Gasteiger partial charge in [-0.05, 0) is 45.3 Å². The number of nitrogens with one attached hydrogen (secondary N) is 1. The predicted molar refractivity (Wildman–Crippen MR) is 75.4 cm³/mol. The molecule has 0 aliphatic carbocycles. The van der Waals surface area contributed by atoms with Crippen molar-refractivity contribution in [3.63, 3.8) is 0 Å². The first kappa shape index (κ1) is 15.4. The Labute approximate surface area is 111 Å². The van der Waals surface area contributed by atoms with Gasteiger partial charge in [0.1, 0.15) is 0 Å². The third kappa shape index (κ3) is 7.67. The zero-order valence-corrected chi connectivity index (χ0v) is 11.6. The number of likely N-dealkylation sites (tertiary alicyclic amines) is 1. The SMILES string of the molecule is NCCCCCCC(=O)NCCN1CCCCC1. The van der Waals surface area contributed by atoms with Crippen LogP contribution in [0.3, 0.4) is 0 Å². The molecule has 0 radical (unpaired) electrons. The first-order valence-corrected chi connectivity index (χ1v) is 7.52. The summed E-state index contributed by atoms with van der Waals surface area (Å²) in [7, 11) is 0. The molecule has 1 aliphatic heterocycles. The van der Waals surface area contributed by atoms with E-state index in [9.17, 15) is 4.79 Å². The molecule has 1 aliphatic rings. The van der Waals surface area contributed by atoms with E-state index in [0.29, 0.717) is 6.42 Å². The third-order valence-electron chi connectivity index (χ3n) is 3.56. The van der Waals surface area contributed by atoms with Crippen LogP contribution >= 0.6 is 0 Å². The molecular weight excluding hydrogens is 226 g/mol. The van der Waals surface area contributed by atoms with Gasteiger partial charge in [0.15, 0.2) is 0 Å². The Hall–Kier alpha value is -0.610. The molecule has 0 spiro atoms. The summed E-state index contributed by atoms with van der Waals surface area (Å²) in [6.45, 7) is 4.99. The number of carbonyl (C=O) groups excluding carboxylic acids is 1. The molecule has 1 heterocycles. The molecule has 0 unspecified atom stereocenters. The summed E-state index contributed by atoms with van der Waals surface area (Å²) in [6.07, 6.45) is 9.01. The summed E-state index contributed by atoms with van der Waals surface area (Å²) in [5.74, 6) is 0.208. The van der Waals surface area contributed by atoms with Crippen molar-refractivity contribution >= 4 is 5.91 Å². The van der Waals surface area contributed by atoms with Crippen molar-refractivity contribution < 1.29 is 4.79 Å². The zero-order valence-electron chi connectivity index (χ0n) is 11.6. The Morgan fingerprint density at radius 2 is 1.78 bits per heavy atom. The van der Waals surface area contributed by atoms with E-state index in [1.54, 1.807) is 0 Å². The van der Waals surface area contributed by atoms with Gasteiger partial charge in [-0.2, -0.15) is 0 Å². The second-order valence-corrected chi connectivity index (χ2v) is 5.21. The number of amides is 1. The maximum Gasteiger partial charge on any atom is 0.220 e. The molecule has 0 atom stereocenters. The fraction of sp³-hybridized carbons (Fsp3) is 0.929. The first-order valence-electron chi connectivity index (χ1n) is 7.52. The molecular formula is C14H29N3O. The lowest BCUT2D eigenvalue weighted by Crippen LogP contribution is -2.37. The van der Waals surface area contributed by atoms with Crippen LogP contribution < -0.4 is 11.1 Å². The van der Waals surface area contributed by atoms with Crippen LogP contribution in [0.1, 0.15) is 51.4 Å². The molecule has 1 saturated heterocycles. The van der Waals surface area contributed by atoms with Crippen LogP contribution in [0.5, 0.6) is 0 Å². The smallest absolute Gasteiger partial charge is 0.220 e. The van der Waals surface area contributed by atoms with Crippen molar-refractivity contribution in [1.29, 1.82) is 0 Å². The second-order valence-electron chi connectivity index (χ2n) is 5.21. The van der Waals surface area contributed by atoms with E-state index in [1.165, 1.54) is 32.4 Å². The molecule has 0 bridgehead atoms. The van der Waals surface area contributed by atoms with Gasteiger partial charge in [-0.25, -0.2) is 0 Å². The number of hydrogen-bond acceptors (Lipinski definition) is 3. The van der Waals surface area contributed by atoms with E-state index in [2.05, 4.69) is 10.2 Å². The minimum atomic E-state index is 0.208. The highest BCUT2D eigenvalue weighted by molar-refractivity contribution is 5.75. The summed E-state index contributed by atoms with van der Waals surface area (Å²) in [5.41, 5.74) is 5.42. The van der Waals surface area contributed by atoms with E-state index >= 15 is 0 Å². The largest absolute Gasteiger partial charge is 0.355 e. The van der Waals surface area contributed by atoms with Gasteiger partial charge in [0.2, 0.25) is 5.91 Å².